The molecule has 0 unspecified atom stereocenters. The first kappa shape index (κ1) is 20.7. The molecule has 1 aliphatic carbocycles. The van der Waals surface area contributed by atoms with Gasteiger partial charge in [-0.15, -0.1) is 0 Å². The normalized spacial score (nSPS) is 18.0. The Morgan fingerprint density at radius 1 is 1.22 bits per heavy atom. The Morgan fingerprint density at radius 2 is 2.06 bits per heavy atom. The highest BCUT2D eigenvalue weighted by atomic mass is 19.1. The molecule has 1 N–H and O–H groups in total. The molecule has 1 saturated heterocycles. The van der Waals surface area contributed by atoms with Gasteiger partial charge in [0.25, 0.3) is 5.91 Å². The Balaban J connectivity index is 1.33. The Labute approximate surface area is 186 Å². The summed E-state index contributed by atoms with van der Waals surface area (Å²) >= 11 is 0. The number of pyridine rings is 2. The number of nitrogens with one attached hydrogen (secondary N) is 1. The number of carbonyl (C=O) groups is 1. The van der Waals surface area contributed by atoms with Crippen LogP contribution in [0.2, 0.25) is 0 Å². The number of nitrogens with zero attached hydrogens (tertiary/aromatic N) is 3. The monoisotopic (exact) mass is 434 g/mol. The zero-order valence-corrected chi connectivity index (χ0v) is 18.4. The van der Waals surface area contributed by atoms with Crippen molar-refractivity contribution in [3.63, 3.8) is 0 Å². The van der Waals surface area contributed by atoms with Gasteiger partial charge in [-0.05, 0) is 63.8 Å². The molecule has 4 heterocycles. The number of fused-ring (bicyclic) bond motifs is 1. The SMILES string of the molecule is Cc1cc(Nc2ccc(F)cn2)cc([C@H]2CCN(C(=O)c3c(C)oc4c3CCCC4)C2)n1. The number of aromatic nitrogens is 2. The van der Waals surface area contributed by atoms with Gasteiger partial charge in [0.05, 0.1) is 11.8 Å². The van der Waals surface area contributed by atoms with Gasteiger partial charge in [0.2, 0.25) is 0 Å². The quantitative estimate of drug-likeness (QED) is 0.620. The maximum Gasteiger partial charge on any atom is 0.257 e. The lowest BCUT2D eigenvalue weighted by Crippen LogP contribution is -2.29. The Hall–Kier alpha value is -3.22. The highest BCUT2D eigenvalue weighted by molar-refractivity contribution is 5.97. The maximum atomic E-state index is 13.4. The molecule has 3 aromatic rings. The van der Waals surface area contributed by atoms with Crippen molar-refractivity contribution >= 4 is 17.4 Å². The molecule has 0 bridgehead atoms. The molecular formula is C25H27FN4O2. The third kappa shape index (κ3) is 3.99. The van der Waals surface area contributed by atoms with Crippen LogP contribution < -0.4 is 5.32 Å². The summed E-state index contributed by atoms with van der Waals surface area (Å²) in [6.07, 6.45) is 6.15. The lowest BCUT2D eigenvalue weighted by molar-refractivity contribution is 0.0788. The van der Waals surface area contributed by atoms with Crippen LogP contribution in [0.25, 0.3) is 0 Å². The molecule has 1 aliphatic heterocycles. The van der Waals surface area contributed by atoms with Gasteiger partial charge in [-0.25, -0.2) is 9.37 Å². The van der Waals surface area contributed by atoms with E-state index in [0.29, 0.717) is 18.9 Å². The minimum absolute atomic E-state index is 0.0819. The van der Waals surface area contributed by atoms with Gasteiger partial charge in [0, 0.05) is 48.1 Å². The van der Waals surface area contributed by atoms with Crippen LogP contribution in [0.3, 0.4) is 0 Å². The molecule has 0 aromatic carbocycles. The largest absolute Gasteiger partial charge is 0.465 e. The van der Waals surface area contributed by atoms with E-state index < -0.39 is 0 Å². The summed E-state index contributed by atoms with van der Waals surface area (Å²) in [6.45, 7) is 5.21. The highest BCUT2D eigenvalue weighted by Gasteiger charge is 2.33. The first-order chi connectivity index (χ1) is 15.5. The summed E-state index contributed by atoms with van der Waals surface area (Å²) in [5.41, 5.74) is 4.60. The number of amides is 1. The lowest BCUT2D eigenvalue weighted by atomic mass is 9.94. The van der Waals surface area contributed by atoms with E-state index in [9.17, 15) is 9.18 Å². The molecular weight excluding hydrogens is 407 g/mol. The molecule has 7 heteroatoms. The second kappa shape index (κ2) is 8.37. The fraction of sp³-hybridized carbons (Fsp3) is 0.400. The number of hydrogen-bond donors (Lipinski definition) is 1. The van der Waals surface area contributed by atoms with E-state index in [1.807, 2.05) is 30.9 Å². The average molecular weight is 435 g/mol. The molecule has 0 saturated carbocycles. The number of halogens is 1. The number of hydrogen-bond acceptors (Lipinski definition) is 5. The second-order valence-electron chi connectivity index (χ2n) is 8.79. The number of aryl methyl sites for hydroxylation is 3. The first-order valence-corrected chi connectivity index (χ1v) is 11.3. The molecule has 0 radical (unpaired) electrons. The lowest BCUT2D eigenvalue weighted by Gasteiger charge is -2.18. The van der Waals surface area contributed by atoms with Crippen molar-refractivity contribution in [2.75, 3.05) is 18.4 Å². The van der Waals surface area contributed by atoms with Crippen molar-refractivity contribution in [3.05, 3.63) is 70.3 Å². The van der Waals surface area contributed by atoms with Crippen LogP contribution in [0.4, 0.5) is 15.9 Å². The Bertz CT molecular complexity index is 1160. The molecule has 5 rings (SSSR count). The summed E-state index contributed by atoms with van der Waals surface area (Å²) in [4.78, 5) is 24.1. The third-order valence-corrected chi connectivity index (χ3v) is 6.43. The summed E-state index contributed by atoms with van der Waals surface area (Å²) < 4.78 is 19.1. The molecule has 2 aliphatic rings. The molecule has 6 nitrogen and oxygen atoms in total. The molecule has 166 valence electrons. The number of furan rings is 1. The van der Waals surface area contributed by atoms with Gasteiger partial charge >= 0.3 is 0 Å². The molecule has 32 heavy (non-hydrogen) atoms. The summed E-state index contributed by atoms with van der Waals surface area (Å²) in [6, 6.07) is 6.92. The Morgan fingerprint density at radius 3 is 2.88 bits per heavy atom. The summed E-state index contributed by atoms with van der Waals surface area (Å²) in [5, 5.41) is 3.22. The van der Waals surface area contributed by atoms with E-state index in [1.165, 1.54) is 12.3 Å². The minimum atomic E-state index is -0.369. The van der Waals surface area contributed by atoms with Crippen LogP contribution >= 0.6 is 0 Å². The zero-order chi connectivity index (χ0) is 22.2. The van der Waals surface area contributed by atoms with Crippen LogP contribution in [0.5, 0.6) is 0 Å². The average Bonchev–Trinajstić information content (AvgIpc) is 3.39. The van der Waals surface area contributed by atoms with Crippen molar-refractivity contribution in [3.8, 4) is 0 Å². The first-order valence-electron chi connectivity index (χ1n) is 11.3. The van der Waals surface area contributed by atoms with E-state index in [-0.39, 0.29) is 17.6 Å². The van der Waals surface area contributed by atoms with Crippen LogP contribution in [-0.4, -0.2) is 33.9 Å². The number of likely N-dealkylation sites (tertiary alicyclic amines) is 1. The molecule has 1 amide bonds. The second-order valence-corrected chi connectivity index (χ2v) is 8.79. The van der Waals surface area contributed by atoms with Crippen LogP contribution in [-0.2, 0) is 12.8 Å². The predicted molar refractivity (Wildman–Crippen MR) is 120 cm³/mol. The molecule has 1 fully saturated rings. The maximum absolute atomic E-state index is 13.4. The molecule has 3 aromatic heterocycles. The van der Waals surface area contributed by atoms with Gasteiger partial charge in [-0.3, -0.25) is 9.78 Å². The highest BCUT2D eigenvalue weighted by Crippen LogP contribution is 2.34. The molecule has 0 spiro atoms. The minimum Gasteiger partial charge on any atom is -0.465 e. The third-order valence-electron chi connectivity index (χ3n) is 6.43. The van der Waals surface area contributed by atoms with E-state index in [2.05, 4.69) is 10.3 Å². The number of rotatable bonds is 4. The number of carbonyl (C=O) groups excluding carboxylic acids is 1. The summed E-state index contributed by atoms with van der Waals surface area (Å²) in [7, 11) is 0. The fourth-order valence-corrected chi connectivity index (χ4v) is 4.90. The smallest absolute Gasteiger partial charge is 0.257 e. The zero-order valence-electron chi connectivity index (χ0n) is 18.4. The van der Waals surface area contributed by atoms with Crippen LogP contribution in [0, 0.1) is 19.7 Å². The van der Waals surface area contributed by atoms with Gasteiger partial charge in [-0.1, -0.05) is 0 Å². The van der Waals surface area contributed by atoms with Gasteiger partial charge in [0.15, 0.2) is 0 Å². The summed E-state index contributed by atoms with van der Waals surface area (Å²) in [5.74, 6) is 2.20. The van der Waals surface area contributed by atoms with E-state index in [0.717, 1.165) is 71.8 Å². The van der Waals surface area contributed by atoms with E-state index in [1.54, 1.807) is 6.07 Å². The van der Waals surface area contributed by atoms with E-state index in [4.69, 9.17) is 9.40 Å². The molecule has 1 atom stereocenters. The van der Waals surface area contributed by atoms with Crippen molar-refractivity contribution in [1.82, 2.24) is 14.9 Å². The topological polar surface area (TPSA) is 71.3 Å². The predicted octanol–water partition coefficient (Wildman–Crippen LogP) is 5.08. The van der Waals surface area contributed by atoms with E-state index >= 15 is 0 Å². The van der Waals surface area contributed by atoms with Crippen LogP contribution in [0.15, 0.2) is 34.9 Å². The standard InChI is InChI=1S/C25H27FN4O2/c1-15-11-19(29-23-8-7-18(26)13-27-23)12-21(28-15)17-9-10-30(14-17)25(31)24-16(2)32-22-6-4-3-5-20(22)24/h7-8,11-13,17H,3-6,9-10,14H2,1-2H3,(H,27,28,29)/t17-/m0/s1. The van der Waals surface area contributed by atoms with Crippen LogP contribution in [0.1, 0.15) is 64.0 Å². The van der Waals surface area contributed by atoms with Crippen molar-refractivity contribution < 1.29 is 13.6 Å². The van der Waals surface area contributed by atoms with Gasteiger partial charge < -0.3 is 14.6 Å². The fourth-order valence-electron chi connectivity index (χ4n) is 4.90. The van der Waals surface area contributed by atoms with Crippen molar-refractivity contribution in [2.24, 2.45) is 0 Å². The van der Waals surface area contributed by atoms with Gasteiger partial charge in [-0.2, -0.15) is 0 Å². The number of anilines is 2. The van der Waals surface area contributed by atoms with Crippen molar-refractivity contribution in [1.29, 1.82) is 0 Å². The Kier molecular flexibility index (Phi) is 5.41. The van der Waals surface area contributed by atoms with Crippen molar-refractivity contribution in [2.45, 2.75) is 51.9 Å². The van der Waals surface area contributed by atoms with Gasteiger partial charge in [0.1, 0.15) is 23.2 Å².